The van der Waals surface area contributed by atoms with Crippen LogP contribution in [0.5, 0.6) is 0 Å². The van der Waals surface area contributed by atoms with Crippen LogP contribution in [0.2, 0.25) is 6.04 Å². The quantitative estimate of drug-likeness (QED) is 0.0380. The van der Waals surface area contributed by atoms with E-state index in [2.05, 4.69) is 16.0 Å². The minimum Gasteiger partial charge on any atom is -0.374 e. The van der Waals surface area contributed by atoms with E-state index in [4.69, 9.17) is 132 Å². The molecule has 8 bridgehead atoms. The van der Waals surface area contributed by atoms with Crippen LogP contribution >= 0.6 is 0 Å². The maximum absolute atomic E-state index is 13.0. The van der Waals surface area contributed by atoms with Gasteiger partial charge in [0.15, 0.2) is 0 Å². The zero-order valence-electron chi connectivity index (χ0n) is 62.4. The van der Waals surface area contributed by atoms with E-state index in [1.165, 1.54) is 62.3 Å². The second-order valence-electron chi connectivity index (χ2n) is 25.2. The maximum atomic E-state index is 13.0. The van der Waals surface area contributed by atoms with Crippen LogP contribution in [0.4, 0.5) is 0 Å². The average molecular weight is 1690 g/mol. The van der Waals surface area contributed by atoms with Crippen molar-refractivity contribution in [2.45, 2.75) is 246 Å². The van der Waals surface area contributed by atoms with Crippen molar-refractivity contribution < 1.29 is 161 Å². The van der Waals surface area contributed by atoms with Crippen LogP contribution < -0.4 is 16.0 Å². The monoisotopic (exact) mass is 1690 g/mol. The topological polar surface area (TPSA) is 434 Å². The van der Waals surface area contributed by atoms with Crippen molar-refractivity contribution >= 4 is 135 Å². The fourth-order valence-electron chi connectivity index (χ4n) is 9.34. The first-order valence-electron chi connectivity index (χ1n) is 33.8. The molecule has 2 spiro atoms. The largest absolute Gasteiger partial charge is 0.668 e. The van der Waals surface area contributed by atoms with Crippen molar-refractivity contribution in [3.63, 3.8) is 0 Å². The minimum atomic E-state index is -6.30. The summed E-state index contributed by atoms with van der Waals surface area (Å²) < 4.78 is 207. The summed E-state index contributed by atoms with van der Waals surface area (Å²) in [4.78, 5) is 73.8. The van der Waals surface area contributed by atoms with Crippen LogP contribution in [0.25, 0.3) is 0 Å². The van der Waals surface area contributed by atoms with E-state index < -0.39 is 191 Å². The number of amides is 3. The molecule has 53 heteroatoms. The van der Waals surface area contributed by atoms with Crippen LogP contribution in [-0.2, 0) is 146 Å². The van der Waals surface area contributed by atoms with Gasteiger partial charge in [0.2, 0.25) is 17.7 Å². The molecule has 10 unspecified atom stereocenters. The molecule has 3 amide bonds. The van der Waals surface area contributed by atoms with Crippen molar-refractivity contribution in [3.05, 3.63) is 0 Å². The Kier molecular flexibility index (Phi) is 34.6. The summed E-state index contributed by atoms with van der Waals surface area (Å²) in [5.74, 6) is -0.788. The smallest absolute Gasteiger partial charge is 0.374 e. The average Bonchev–Trinajstić information content (AvgIpc) is 0.688. The lowest BCUT2D eigenvalue weighted by atomic mass is 10.4. The molecule has 6 aliphatic rings. The van der Waals surface area contributed by atoms with Crippen molar-refractivity contribution in [2.75, 3.05) is 52.7 Å². The van der Waals surface area contributed by atoms with Gasteiger partial charge in [-0.15, -0.1) is 0 Å². The Balaban J connectivity index is 0.000000950. The molecule has 6 fully saturated rings. The summed E-state index contributed by atoms with van der Waals surface area (Å²) in [5.41, 5.74) is 0. The summed E-state index contributed by atoms with van der Waals surface area (Å²) in [7, 11) is -73.1. The van der Waals surface area contributed by atoms with Crippen molar-refractivity contribution in [1.29, 1.82) is 0 Å². The zero-order valence-corrected chi connectivity index (χ0v) is 75.4. The first-order chi connectivity index (χ1) is 46.7. The van der Waals surface area contributed by atoms with Gasteiger partial charge in [-0.05, 0) is 165 Å². The van der Waals surface area contributed by atoms with Crippen LogP contribution in [0, 0.1) is 0 Å². The fourth-order valence-corrected chi connectivity index (χ4v) is 63.1. The predicted octanol–water partition coefficient (Wildman–Crippen LogP) is 2.03. The van der Waals surface area contributed by atoms with E-state index in [1.807, 2.05) is 20.8 Å². The van der Waals surface area contributed by atoms with Crippen LogP contribution in [0.3, 0.4) is 0 Å². The molecule has 0 aromatic heterocycles. The molecule has 0 aliphatic carbocycles. The molecule has 6 heterocycles. The summed E-state index contributed by atoms with van der Waals surface area (Å²) in [5, 5.41) is 8.11. The third kappa shape index (κ3) is 28.0. The van der Waals surface area contributed by atoms with Gasteiger partial charge >= 0.3 is 117 Å². The molecule has 40 nitrogen and oxygen atoms in total. The van der Waals surface area contributed by atoms with Gasteiger partial charge in [-0.25, -0.2) is 0 Å². The Bertz CT molecular complexity index is 2590. The van der Waals surface area contributed by atoms with Gasteiger partial charge in [-0.3, -0.25) is 14.4 Å². The molecule has 10 atom stereocenters. The molecule has 0 aromatic rings. The lowest BCUT2D eigenvalue weighted by molar-refractivity contribution is -0.165. The molecule has 6 saturated heterocycles. The molecule has 6 aliphatic heterocycles. The maximum Gasteiger partial charge on any atom is 0.668 e. The molecule has 101 heavy (non-hydrogen) atoms. The lowest BCUT2D eigenvalue weighted by Crippen LogP contribution is -2.91. The number of hydrogen-bond donors (Lipinski definition) is 6. The van der Waals surface area contributed by atoms with E-state index >= 15 is 0 Å². The predicted molar refractivity (Wildman–Crippen MR) is 367 cm³/mol. The number of rotatable bonds is 38. The highest BCUT2D eigenvalue weighted by atomic mass is 28.7. The van der Waals surface area contributed by atoms with Crippen molar-refractivity contribution in [2.24, 2.45) is 0 Å². The van der Waals surface area contributed by atoms with Gasteiger partial charge in [-0.2, -0.15) is 0 Å². The molecule has 0 radical (unpaired) electrons. The summed E-state index contributed by atoms with van der Waals surface area (Å²) in [6.07, 6.45) is -8.00. The Morgan fingerprint density at radius 2 is 0.614 bits per heavy atom. The lowest BCUT2D eigenvalue weighted by Gasteiger charge is -2.57. The molecular weight excluding hydrogens is 1580 g/mol. The highest BCUT2D eigenvalue weighted by Crippen LogP contribution is 2.51. The normalized spacial score (nSPS) is 32.6. The molecule has 6 rings (SSSR count). The molecular formula is C48H111N3O37Si13. The van der Waals surface area contributed by atoms with Gasteiger partial charge in [0.1, 0.15) is 0 Å². The number of hydrogen-bond acceptors (Lipinski definition) is 37. The van der Waals surface area contributed by atoms with Gasteiger partial charge < -0.3 is 162 Å². The van der Waals surface area contributed by atoms with Gasteiger partial charge in [-0.1, -0.05) is 0 Å². The Hall–Kier alpha value is -0.131. The number of carbonyl (C=O) groups excluding carboxylic acids is 3. The van der Waals surface area contributed by atoms with E-state index in [1.54, 1.807) is 83.1 Å². The highest BCUT2D eigenvalue weighted by molar-refractivity contribution is 6.98. The SMILES string of the molecule is CC(=O)NCCCO[Si]12O[Si](O)(OC(C)C)O[Si]3(O)O[Si](O)(OC(C)C)O[Si]4(OC(C)C)O[Si]5(OCCCNC(C)=O)O[Si](OC(C)C)(OC(C)C)O[Si]6(OC(C)C)O[Si](OC(C)C)(OC(C)C)O[Si](OC(C)C)(O1)O[Si](O5)(O6)O[Si](O3)(O2)O4.CCO[Si](CCCNC(C)=O)(OCC)OCC. The van der Waals surface area contributed by atoms with Crippen molar-refractivity contribution in [1.82, 2.24) is 16.0 Å². The second-order valence-corrected chi connectivity index (χ2v) is 56.7. The Labute approximate surface area is 607 Å². The van der Waals surface area contributed by atoms with Gasteiger partial charge in [0, 0.05) is 134 Å². The summed E-state index contributed by atoms with van der Waals surface area (Å²) >= 11 is 0. The van der Waals surface area contributed by atoms with Crippen LogP contribution in [-0.4, -0.2) is 257 Å². The second kappa shape index (κ2) is 38.2. The molecule has 6 N–H and O–H groups in total. The van der Waals surface area contributed by atoms with E-state index in [-0.39, 0.29) is 37.7 Å². The first-order valence-corrected chi connectivity index (χ1v) is 55.5. The van der Waals surface area contributed by atoms with E-state index in [0.717, 1.165) is 12.5 Å². The molecule has 0 saturated carbocycles. The third-order valence-corrected chi connectivity index (χ3v) is 57.1. The van der Waals surface area contributed by atoms with Gasteiger partial charge in [0.05, 0.1) is 0 Å². The van der Waals surface area contributed by atoms with Crippen LogP contribution in [0.15, 0.2) is 0 Å². The van der Waals surface area contributed by atoms with Crippen LogP contribution in [0.1, 0.15) is 185 Å². The number of nitrogens with one attached hydrogen (secondary N) is 3. The van der Waals surface area contributed by atoms with Crippen molar-refractivity contribution in [3.8, 4) is 0 Å². The van der Waals surface area contributed by atoms with Gasteiger partial charge in [0.25, 0.3) is 0 Å². The molecule has 0 aromatic carbocycles. The highest BCUT2D eigenvalue weighted by Gasteiger charge is 2.92. The number of fused-ring (bicyclic) bond motifs is 6. The Morgan fingerprint density at radius 1 is 0.337 bits per heavy atom. The molecule has 592 valence electrons. The Morgan fingerprint density at radius 3 is 0.941 bits per heavy atom. The fraction of sp³-hybridized carbons (Fsp3) is 0.938. The summed E-state index contributed by atoms with van der Waals surface area (Å²) in [6.45, 7) is 39.5. The zero-order chi connectivity index (χ0) is 76.0. The van der Waals surface area contributed by atoms with E-state index in [9.17, 15) is 28.8 Å². The minimum absolute atomic E-state index is 0.00416. The van der Waals surface area contributed by atoms with E-state index in [0.29, 0.717) is 26.4 Å². The number of carbonyl (C=O) groups is 3. The third-order valence-electron chi connectivity index (χ3n) is 11.8. The summed E-state index contributed by atoms with van der Waals surface area (Å²) in [6, 6.07) is 0.739. The standard InChI is InChI=1S/C37H86N2O33Si12.C11H25NO4Si/c1-27(2)47-73(42)56-75(44)57-74(43,48-28(3)4)59-80(53-33(13)14)63-77(46-26-22-24-39-37(20)41)61-78(49-29(5)6,50-30(7)8)66-82(55-35(17)18)68-79(51-31(9)10,52-32(11)12)67-81(54-34(15)16)62-76(58-73,45-25-21-23-38-36(19)40)64-83(60-75,69-80)72-84(65-77,70-81)71-82;1-5-14-17(15-6-2,16-7-3)10-8-9-12-11(4)13/h27-35,42-44H,21-26H2,1-20H3,(H,38,40)(H,39,41);5-10H2,1-4H3,(H,12,13). The first kappa shape index (κ1) is 91.5.